The molecule has 2 amide bonds. The summed E-state index contributed by atoms with van der Waals surface area (Å²) in [6, 6.07) is 11.1. The van der Waals surface area contributed by atoms with Crippen LogP contribution < -0.4 is 5.73 Å². The van der Waals surface area contributed by atoms with Crippen molar-refractivity contribution in [2.45, 2.75) is 31.8 Å². The molecule has 1 heterocycles. The van der Waals surface area contributed by atoms with Gasteiger partial charge in [0.1, 0.15) is 5.82 Å². The first kappa shape index (κ1) is 19.0. The van der Waals surface area contributed by atoms with Gasteiger partial charge in [0.2, 0.25) is 0 Å². The van der Waals surface area contributed by atoms with Crippen molar-refractivity contribution in [2.75, 3.05) is 13.1 Å². The molecule has 142 valence electrons. The molecule has 2 aromatic carbocycles. The highest BCUT2D eigenvalue weighted by molar-refractivity contribution is 5.96. The van der Waals surface area contributed by atoms with Crippen molar-refractivity contribution >= 4 is 11.8 Å². The van der Waals surface area contributed by atoms with Gasteiger partial charge >= 0.3 is 0 Å². The van der Waals surface area contributed by atoms with E-state index in [-0.39, 0.29) is 11.5 Å². The Labute approximate surface area is 157 Å². The average molecular weight is 370 g/mol. The lowest BCUT2D eigenvalue weighted by Gasteiger charge is -2.38. The van der Waals surface area contributed by atoms with Crippen LogP contribution in [0.4, 0.5) is 4.39 Å². The Morgan fingerprint density at radius 3 is 2.48 bits per heavy atom. The summed E-state index contributed by atoms with van der Waals surface area (Å²) in [5.74, 6) is -1.61. The highest BCUT2D eigenvalue weighted by Gasteiger charge is 2.33. The first-order valence-corrected chi connectivity index (χ1v) is 9.04. The lowest BCUT2D eigenvalue weighted by molar-refractivity contribution is -0.0270. The first-order chi connectivity index (χ1) is 12.8. The Morgan fingerprint density at radius 1 is 1.19 bits per heavy atom. The molecule has 1 aliphatic heterocycles. The number of aliphatic hydroxyl groups is 1. The largest absolute Gasteiger partial charge is 0.388 e. The number of carbonyl (C=O) groups is 2. The molecule has 1 atom stereocenters. The number of likely N-dealkylation sites (tertiary alicyclic amines) is 1. The van der Waals surface area contributed by atoms with E-state index >= 15 is 0 Å². The number of nitrogens with two attached hydrogens (primary N) is 1. The van der Waals surface area contributed by atoms with Gasteiger partial charge in [-0.2, -0.15) is 0 Å². The molecule has 0 spiro atoms. The maximum atomic E-state index is 13.6. The van der Waals surface area contributed by atoms with Crippen LogP contribution in [0.3, 0.4) is 0 Å². The second-order valence-corrected chi connectivity index (χ2v) is 7.04. The number of piperidine rings is 1. The molecule has 3 rings (SSSR count). The number of primary amides is 1. The van der Waals surface area contributed by atoms with Gasteiger partial charge < -0.3 is 15.7 Å². The van der Waals surface area contributed by atoms with Gasteiger partial charge in [-0.15, -0.1) is 0 Å². The monoisotopic (exact) mass is 370 g/mol. The standard InChI is InChI=1S/C21H23FN2O3/c1-2-21(27)10-3-11-24(13-21)20(26)15-6-4-14(5-7-15)16-8-9-18(22)17(12-16)19(23)25/h4-9,12,27H,2-3,10-11,13H2,1H3,(H2,23,25)/t21-/m1/s1. The summed E-state index contributed by atoms with van der Waals surface area (Å²) in [5, 5.41) is 10.5. The van der Waals surface area contributed by atoms with Gasteiger partial charge in [-0.1, -0.05) is 25.1 Å². The molecule has 0 bridgehead atoms. The van der Waals surface area contributed by atoms with E-state index in [1.807, 2.05) is 6.92 Å². The minimum atomic E-state index is -0.824. The number of β-amino-alcohol motifs (C(OH)–C–C–N with tert-alkyl or cyclic N) is 1. The van der Waals surface area contributed by atoms with Gasteiger partial charge in [-0.3, -0.25) is 9.59 Å². The predicted molar refractivity (Wildman–Crippen MR) is 101 cm³/mol. The average Bonchev–Trinajstić information content (AvgIpc) is 2.68. The van der Waals surface area contributed by atoms with Crippen LogP contribution in [-0.4, -0.2) is 40.5 Å². The SMILES string of the molecule is CC[C@@]1(O)CCCN(C(=O)c2ccc(-c3ccc(F)c(C(N)=O)c3)cc2)C1. The van der Waals surface area contributed by atoms with Crippen LogP contribution in [-0.2, 0) is 0 Å². The van der Waals surface area contributed by atoms with E-state index < -0.39 is 17.3 Å². The fourth-order valence-corrected chi connectivity index (χ4v) is 3.46. The fourth-order valence-electron chi connectivity index (χ4n) is 3.46. The summed E-state index contributed by atoms with van der Waals surface area (Å²) in [4.78, 5) is 25.7. The zero-order chi connectivity index (χ0) is 19.6. The third kappa shape index (κ3) is 4.01. The van der Waals surface area contributed by atoms with Gasteiger partial charge in [0, 0.05) is 18.7 Å². The van der Waals surface area contributed by atoms with Crippen molar-refractivity contribution in [3.05, 3.63) is 59.4 Å². The molecule has 1 fully saturated rings. The van der Waals surface area contributed by atoms with Gasteiger partial charge in [-0.05, 0) is 54.7 Å². The molecule has 0 saturated carbocycles. The van der Waals surface area contributed by atoms with Gasteiger partial charge in [0.05, 0.1) is 11.2 Å². The van der Waals surface area contributed by atoms with Crippen LogP contribution in [0.25, 0.3) is 11.1 Å². The number of hydrogen-bond acceptors (Lipinski definition) is 3. The minimum Gasteiger partial charge on any atom is -0.388 e. The van der Waals surface area contributed by atoms with Crippen LogP contribution in [0.1, 0.15) is 46.9 Å². The lowest BCUT2D eigenvalue weighted by atomic mass is 9.90. The highest BCUT2D eigenvalue weighted by atomic mass is 19.1. The van der Waals surface area contributed by atoms with Crippen molar-refractivity contribution in [1.29, 1.82) is 0 Å². The summed E-state index contributed by atoms with van der Waals surface area (Å²) in [6.07, 6.45) is 2.10. The summed E-state index contributed by atoms with van der Waals surface area (Å²) >= 11 is 0. The summed E-state index contributed by atoms with van der Waals surface area (Å²) in [5.41, 5.74) is 6.13. The fraction of sp³-hybridized carbons (Fsp3) is 0.333. The van der Waals surface area contributed by atoms with Crippen molar-refractivity contribution < 1.29 is 19.1 Å². The van der Waals surface area contributed by atoms with E-state index in [1.165, 1.54) is 12.1 Å². The molecule has 0 aliphatic carbocycles. The zero-order valence-corrected chi connectivity index (χ0v) is 15.2. The molecule has 0 aromatic heterocycles. The van der Waals surface area contributed by atoms with Crippen molar-refractivity contribution in [1.82, 2.24) is 4.90 Å². The van der Waals surface area contributed by atoms with Crippen LogP contribution in [0.15, 0.2) is 42.5 Å². The van der Waals surface area contributed by atoms with E-state index in [1.54, 1.807) is 35.2 Å². The lowest BCUT2D eigenvalue weighted by Crippen LogP contribution is -2.49. The number of halogens is 1. The second kappa shape index (κ2) is 7.48. The highest BCUT2D eigenvalue weighted by Crippen LogP contribution is 2.26. The number of benzene rings is 2. The van der Waals surface area contributed by atoms with Crippen molar-refractivity contribution in [2.24, 2.45) is 5.73 Å². The summed E-state index contributed by atoms with van der Waals surface area (Å²) in [6.45, 7) is 2.89. The van der Waals surface area contributed by atoms with Crippen molar-refractivity contribution in [3.8, 4) is 11.1 Å². The topological polar surface area (TPSA) is 83.6 Å². The maximum Gasteiger partial charge on any atom is 0.253 e. The third-order valence-corrected chi connectivity index (χ3v) is 5.20. The zero-order valence-electron chi connectivity index (χ0n) is 15.2. The van der Waals surface area contributed by atoms with Gasteiger partial charge in [0.25, 0.3) is 11.8 Å². The van der Waals surface area contributed by atoms with Crippen molar-refractivity contribution in [3.63, 3.8) is 0 Å². The molecule has 27 heavy (non-hydrogen) atoms. The smallest absolute Gasteiger partial charge is 0.253 e. The molecule has 1 aliphatic rings. The van der Waals surface area contributed by atoms with Crippen LogP contribution in [0, 0.1) is 5.82 Å². The quantitative estimate of drug-likeness (QED) is 0.868. The molecule has 1 saturated heterocycles. The molecule has 0 radical (unpaired) electrons. The second-order valence-electron chi connectivity index (χ2n) is 7.04. The Balaban J connectivity index is 1.80. The van der Waals surface area contributed by atoms with E-state index in [4.69, 9.17) is 5.73 Å². The van der Waals surface area contributed by atoms with E-state index in [0.717, 1.165) is 12.0 Å². The molecular formula is C21H23FN2O3. The predicted octanol–water partition coefficient (Wildman–Crippen LogP) is 2.97. The van der Waals surface area contributed by atoms with Gasteiger partial charge in [0.15, 0.2) is 0 Å². The Kier molecular flexibility index (Phi) is 5.28. The number of rotatable bonds is 4. The molecule has 3 N–H and O–H groups in total. The number of carbonyl (C=O) groups excluding carboxylic acids is 2. The third-order valence-electron chi connectivity index (χ3n) is 5.20. The summed E-state index contributed by atoms with van der Waals surface area (Å²) in [7, 11) is 0. The molecule has 6 heteroatoms. The minimum absolute atomic E-state index is 0.120. The Hall–Kier alpha value is -2.73. The van der Waals surface area contributed by atoms with E-state index in [2.05, 4.69) is 0 Å². The van der Waals surface area contributed by atoms with E-state index in [0.29, 0.717) is 37.1 Å². The number of hydrogen-bond donors (Lipinski definition) is 2. The Bertz CT molecular complexity index is 866. The van der Waals surface area contributed by atoms with Crippen LogP contribution in [0.5, 0.6) is 0 Å². The molecular weight excluding hydrogens is 347 g/mol. The van der Waals surface area contributed by atoms with E-state index in [9.17, 15) is 19.1 Å². The Morgan fingerprint density at radius 2 is 1.85 bits per heavy atom. The molecule has 2 aromatic rings. The number of nitrogens with zero attached hydrogens (tertiary/aromatic N) is 1. The first-order valence-electron chi connectivity index (χ1n) is 9.04. The molecule has 0 unspecified atom stereocenters. The summed E-state index contributed by atoms with van der Waals surface area (Å²) < 4.78 is 13.6. The van der Waals surface area contributed by atoms with Crippen LogP contribution >= 0.6 is 0 Å². The maximum absolute atomic E-state index is 13.6. The van der Waals surface area contributed by atoms with Gasteiger partial charge in [-0.25, -0.2) is 4.39 Å². The number of amides is 2. The normalized spacial score (nSPS) is 19.7. The molecule has 5 nitrogen and oxygen atoms in total. The van der Waals surface area contributed by atoms with Crippen LogP contribution in [0.2, 0.25) is 0 Å².